The third-order valence-electron chi connectivity index (χ3n) is 3.43. The van der Waals surface area contributed by atoms with E-state index in [1.807, 2.05) is 0 Å². The van der Waals surface area contributed by atoms with Crippen LogP contribution in [0.5, 0.6) is 0 Å². The number of pyridine rings is 1. The van der Waals surface area contributed by atoms with Crippen molar-refractivity contribution in [2.24, 2.45) is 0 Å². The molecule has 3 rings (SSSR count). The molecule has 22 heavy (non-hydrogen) atoms. The highest BCUT2D eigenvalue weighted by molar-refractivity contribution is 5.96. The van der Waals surface area contributed by atoms with Gasteiger partial charge in [-0.15, -0.1) is 0 Å². The van der Waals surface area contributed by atoms with Crippen LogP contribution in [0.1, 0.15) is 23.2 Å². The summed E-state index contributed by atoms with van der Waals surface area (Å²) in [7, 11) is 1.22. The molecule has 0 spiro atoms. The number of amides is 1. The molecule has 0 aliphatic carbocycles. The number of rotatable bonds is 3. The smallest absolute Gasteiger partial charge is 0.341 e. The summed E-state index contributed by atoms with van der Waals surface area (Å²) in [4.78, 5) is 35.6. The fourth-order valence-electron chi connectivity index (χ4n) is 2.34. The van der Waals surface area contributed by atoms with Crippen molar-refractivity contribution < 1.29 is 19.1 Å². The minimum atomic E-state index is -0.655. The molecule has 0 unspecified atom stereocenters. The second-order valence-electron chi connectivity index (χ2n) is 4.86. The standard InChI is InChI=1S/C13H14N4O5/c1-21-13(20)8-6-17(5-7-10(8)14-15-11(7)18)16-12(19)9-3-2-4-22-9/h5-6,9H,2-4H2,1H3,(H,15,18)(H,16,19)/t9-/m0/s1. The lowest BCUT2D eigenvalue weighted by atomic mass is 10.1. The van der Waals surface area contributed by atoms with Crippen LogP contribution in [0.3, 0.4) is 0 Å². The molecule has 1 fully saturated rings. The lowest BCUT2D eigenvalue weighted by Crippen LogP contribution is -2.33. The van der Waals surface area contributed by atoms with Crippen LogP contribution in [-0.2, 0) is 14.3 Å². The van der Waals surface area contributed by atoms with E-state index in [-0.39, 0.29) is 22.7 Å². The summed E-state index contributed by atoms with van der Waals surface area (Å²) in [5, 5.41) is 6.06. The van der Waals surface area contributed by atoms with Crippen LogP contribution in [0.25, 0.3) is 11.3 Å². The first-order valence-corrected chi connectivity index (χ1v) is 6.71. The van der Waals surface area contributed by atoms with E-state index in [0.717, 1.165) is 6.42 Å². The second kappa shape index (κ2) is 5.60. The number of fused-ring (bicyclic) bond motifs is 1. The topological polar surface area (TPSA) is 115 Å². The summed E-state index contributed by atoms with van der Waals surface area (Å²) in [6.07, 6.45) is 3.67. The maximum atomic E-state index is 12.1. The van der Waals surface area contributed by atoms with Crippen LogP contribution < -0.4 is 11.0 Å². The Balaban J connectivity index is 1.96. The van der Waals surface area contributed by atoms with Gasteiger partial charge >= 0.3 is 5.97 Å². The lowest BCUT2D eigenvalue weighted by Gasteiger charge is -2.15. The van der Waals surface area contributed by atoms with Crippen LogP contribution >= 0.6 is 0 Å². The first-order valence-electron chi connectivity index (χ1n) is 6.71. The quantitative estimate of drug-likeness (QED) is 0.753. The summed E-state index contributed by atoms with van der Waals surface area (Å²) in [6, 6.07) is 0. The Bertz CT molecular complexity index is 743. The average Bonchev–Trinajstić information content (AvgIpc) is 3.16. The van der Waals surface area contributed by atoms with Gasteiger partial charge in [0.2, 0.25) is 0 Å². The molecule has 0 radical (unpaired) electrons. The molecule has 3 heterocycles. The Hall–Kier alpha value is -2.68. The predicted molar refractivity (Wildman–Crippen MR) is 74.2 cm³/mol. The van der Waals surface area contributed by atoms with Gasteiger partial charge in [0.05, 0.1) is 12.7 Å². The fraction of sp³-hybridized carbons (Fsp3) is 0.385. The number of methoxy groups -OCH3 is 1. The van der Waals surface area contributed by atoms with E-state index >= 15 is 0 Å². The molecule has 3 aliphatic heterocycles. The molecule has 0 bridgehead atoms. The van der Waals surface area contributed by atoms with Crippen molar-refractivity contribution in [1.82, 2.24) is 14.9 Å². The van der Waals surface area contributed by atoms with Crippen molar-refractivity contribution in [3.63, 3.8) is 0 Å². The van der Waals surface area contributed by atoms with E-state index in [9.17, 15) is 14.4 Å². The third-order valence-corrected chi connectivity index (χ3v) is 3.43. The Morgan fingerprint density at radius 2 is 2.32 bits per heavy atom. The summed E-state index contributed by atoms with van der Waals surface area (Å²) in [6.45, 7) is 0.543. The largest absolute Gasteiger partial charge is 0.465 e. The molecule has 0 saturated carbocycles. The highest BCUT2D eigenvalue weighted by Gasteiger charge is 2.26. The zero-order valence-corrected chi connectivity index (χ0v) is 11.8. The zero-order valence-electron chi connectivity index (χ0n) is 11.8. The Kier molecular flexibility index (Phi) is 3.63. The van der Waals surface area contributed by atoms with E-state index in [1.54, 1.807) is 0 Å². The summed E-state index contributed by atoms with van der Waals surface area (Å²) < 4.78 is 11.2. The molecular weight excluding hydrogens is 292 g/mol. The van der Waals surface area contributed by atoms with Crippen molar-refractivity contribution >= 4 is 11.9 Å². The van der Waals surface area contributed by atoms with Crippen LogP contribution in [0.15, 0.2) is 17.2 Å². The molecule has 1 amide bonds. The number of carbonyl (C=O) groups excluding carboxylic acids is 2. The monoisotopic (exact) mass is 306 g/mol. The van der Waals surface area contributed by atoms with Crippen LogP contribution in [0, 0.1) is 0 Å². The van der Waals surface area contributed by atoms with Crippen molar-refractivity contribution in [3.05, 3.63) is 28.3 Å². The minimum absolute atomic E-state index is 0.0750. The van der Waals surface area contributed by atoms with Crippen LogP contribution in [-0.4, -0.2) is 46.6 Å². The molecule has 9 heteroatoms. The number of ether oxygens (including phenoxy) is 2. The van der Waals surface area contributed by atoms with E-state index in [0.29, 0.717) is 13.0 Å². The molecule has 2 N–H and O–H groups in total. The van der Waals surface area contributed by atoms with Gasteiger partial charge in [-0.2, -0.15) is 5.10 Å². The molecule has 1 atom stereocenters. The van der Waals surface area contributed by atoms with Gasteiger partial charge in [-0.3, -0.25) is 19.7 Å². The molecule has 3 aliphatic rings. The maximum absolute atomic E-state index is 12.1. The van der Waals surface area contributed by atoms with Crippen molar-refractivity contribution in [2.45, 2.75) is 18.9 Å². The number of nitrogens with one attached hydrogen (secondary N) is 2. The maximum Gasteiger partial charge on any atom is 0.341 e. The second-order valence-corrected chi connectivity index (χ2v) is 4.86. The number of hydrogen-bond acceptors (Lipinski definition) is 6. The van der Waals surface area contributed by atoms with Gasteiger partial charge in [0.15, 0.2) is 0 Å². The van der Waals surface area contributed by atoms with Gasteiger partial charge in [-0.05, 0) is 12.8 Å². The normalized spacial score (nSPS) is 17.6. The number of hydrogen-bond donors (Lipinski definition) is 2. The number of esters is 1. The molecule has 0 aromatic heterocycles. The van der Waals surface area contributed by atoms with E-state index in [4.69, 9.17) is 4.74 Å². The molecular formula is C13H14N4O5. The third kappa shape index (κ3) is 2.46. The van der Waals surface area contributed by atoms with E-state index in [1.165, 1.54) is 24.2 Å². The number of carbonyl (C=O) groups is 2. The number of aromatic nitrogens is 3. The van der Waals surface area contributed by atoms with Crippen LogP contribution in [0.4, 0.5) is 0 Å². The molecule has 1 saturated heterocycles. The molecule has 116 valence electrons. The first-order chi connectivity index (χ1) is 10.6. The highest BCUT2D eigenvalue weighted by Crippen LogP contribution is 2.20. The van der Waals surface area contributed by atoms with Gasteiger partial charge in [0, 0.05) is 19.0 Å². The van der Waals surface area contributed by atoms with Gasteiger partial charge in [-0.1, -0.05) is 0 Å². The minimum Gasteiger partial charge on any atom is -0.465 e. The van der Waals surface area contributed by atoms with Crippen molar-refractivity contribution in [1.29, 1.82) is 0 Å². The lowest BCUT2D eigenvalue weighted by molar-refractivity contribution is -0.125. The molecule has 0 aromatic carbocycles. The molecule has 0 aromatic rings. The summed E-state index contributed by atoms with van der Waals surface area (Å²) in [5.74, 6) is -0.995. The average molecular weight is 306 g/mol. The number of H-pyrrole nitrogens is 1. The van der Waals surface area contributed by atoms with Crippen molar-refractivity contribution in [3.8, 4) is 11.3 Å². The zero-order chi connectivity index (χ0) is 15.7. The Morgan fingerprint density at radius 1 is 1.50 bits per heavy atom. The van der Waals surface area contributed by atoms with Gasteiger partial charge < -0.3 is 9.47 Å². The predicted octanol–water partition coefficient (Wildman–Crippen LogP) is -0.288. The van der Waals surface area contributed by atoms with E-state index < -0.39 is 17.6 Å². The summed E-state index contributed by atoms with van der Waals surface area (Å²) >= 11 is 0. The van der Waals surface area contributed by atoms with Gasteiger partial charge in [0.25, 0.3) is 11.5 Å². The number of nitrogens with zero attached hydrogens (tertiary/aromatic N) is 2. The van der Waals surface area contributed by atoms with E-state index in [2.05, 4.69) is 20.4 Å². The van der Waals surface area contributed by atoms with Gasteiger partial charge in [0.1, 0.15) is 17.4 Å². The first kappa shape index (κ1) is 14.3. The highest BCUT2D eigenvalue weighted by atomic mass is 16.5. The fourth-order valence-corrected chi connectivity index (χ4v) is 2.34. The Morgan fingerprint density at radius 3 is 3.00 bits per heavy atom. The van der Waals surface area contributed by atoms with Gasteiger partial charge in [-0.25, -0.2) is 9.89 Å². The SMILES string of the molecule is COC(=O)c1cn(NC(=O)[C@@H]2CCCO2)cc2c(=O)[nH]nc1-2. The summed E-state index contributed by atoms with van der Waals surface area (Å²) in [5.41, 5.74) is 2.56. The number of aromatic amines is 1. The Labute approximate surface area is 124 Å². The molecule has 9 nitrogen and oxygen atoms in total. The van der Waals surface area contributed by atoms with Crippen molar-refractivity contribution in [2.75, 3.05) is 19.1 Å². The van der Waals surface area contributed by atoms with Crippen LogP contribution in [0.2, 0.25) is 0 Å².